The Balaban J connectivity index is 2.46. The van der Waals surface area contributed by atoms with Gasteiger partial charge in [0.1, 0.15) is 0 Å². The van der Waals surface area contributed by atoms with Crippen molar-refractivity contribution >= 4 is 39.3 Å². The van der Waals surface area contributed by atoms with Gasteiger partial charge < -0.3 is 4.98 Å². The van der Waals surface area contributed by atoms with Gasteiger partial charge in [-0.1, -0.05) is 19.8 Å². The third kappa shape index (κ3) is 2.60. The minimum atomic E-state index is 0.393. The Morgan fingerprint density at radius 3 is 3.06 bits per heavy atom. The normalized spacial score (nSPS) is 13.1. The van der Waals surface area contributed by atoms with Crippen LogP contribution in [0.15, 0.2) is 16.7 Å². The van der Waals surface area contributed by atoms with Crippen LogP contribution in [0.5, 0.6) is 0 Å². The Bertz CT molecular complexity index is 573. The number of hydrogen-bond acceptors (Lipinski definition) is 2. The fraction of sp³-hybridized carbons (Fsp3) is 0.500. The SMILES string of the molecule is CCCCC(C)n1c(=S)[nH]c2cc(Br)cnc21. The van der Waals surface area contributed by atoms with Crippen molar-refractivity contribution in [3.63, 3.8) is 0 Å². The largest absolute Gasteiger partial charge is 0.329 e. The third-order valence-electron chi connectivity index (χ3n) is 2.94. The molecule has 3 nitrogen and oxygen atoms in total. The van der Waals surface area contributed by atoms with Gasteiger partial charge in [-0.05, 0) is 47.6 Å². The second-order valence-corrected chi connectivity index (χ2v) is 5.62. The number of halogens is 1. The first kappa shape index (κ1) is 12.8. The summed E-state index contributed by atoms with van der Waals surface area (Å²) in [7, 11) is 0. The number of imidazole rings is 1. The molecule has 92 valence electrons. The molecule has 0 aliphatic carbocycles. The monoisotopic (exact) mass is 313 g/mol. The summed E-state index contributed by atoms with van der Waals surface area (Å²) in [4.78, 5) is 7.66. The quantitative estimate of drug-likeness (QED) is 0.836. The predicted octanol–water partition coefficient (Wildman–Crippen LogP) is 4.61. The van der Waals surface area contributed by atoms with E-state index in [2.05, 4.69) is 44.3 Å². The average molecular weight is 314 g/mol. The van der Waals surface area contributed by atoms with E-state index in [1.54, 1.807) is 0 Å². The molecule has 2 aromatic rings. The zero-order valence-electron chi connectivity index (χ0n) is 10.0. The first-order valence-electron chi connectivity index (χ1n) is 5.89. The topological polar surface area (TPSA) is 33.6 Å². The molecule has 0 saturated heterocycles. The van der Waals surface area contributed by atoms with Crippen LogP contribution in [-0.4, -0.2) is 14.5 Å². The lowest BCUT2D eigenvalue weighted by atomic mass is 10.1. The van der Waals surface area contributed by atoms with Gasteiger partial charge in [0.2, 0.25) is 0 Å². The van der Waals surface area contributed by atoms with Gasteiger partial charge in [-0.2, -0.15) is 0 Å². The second-order valence-electron chi connectivity index (χ2n) is 4.32. The molecule has 1 atom stereocenters. The Morgan fingerprint density at radius 1 is 1.59 bits per heavy atom. The van der Waals surface area contributed by atoms with E-state index in [9.17, 15) is 0 Å². The van der Waals surface area contributed by atoms with Crippen LogP contribution in [-0.2, 0) is 0 Å². The number of H-pyrrole nitrogens is 1. The molecular weight excluding hydrogens is 298 g/mol. The van der Waals surface area contributed by atoms with Crippen LogP contribution in [0.3, 0.4) is 0 Å². The molecule has 17 heavy (non-hydrogen) atoms. The van der Waals surface area contributed by atoms with Gasteiger partial charge in [-0.25, -0.2) is 4.98 Å². The third-order valence-corrected chi connectivity index (χ3v) is 3.67. The smallest absolute Gasteiger partial charge is 0.179 e. The van der Waals surface area contributed by atoms with E-state index < -0.39 is 0 Å². The van der Waals surface area contributed by atoms with Gasteiger partial charge >= 0.3 is 0 Å². The van der Waals surface area contributed by atoms with Crippen LogP contribution in [0.4, 0.5) is 0 Å². The van der Waals surface area contributed by atoms with Crippen molar-refractivity contribution in [2.45, 2.75) is 39.2 Å². The number of unbranched alkanes of at least 4 members (excludes halogenated alkanes) is 1. The summed E-state index contributed by atoms with van der Waals surface area (Å²) in [6, 6.07) is 2.41. The van der Waals surface area contributed by atoms with Crippen LogP contribution in [0, 0.1) is 4.77 Å². The Kier molecular flexibility index (Phi) is 3.99. The molecule has 0 fully saturated rings. The van der Waals surface area contributed by atoms with Crippen LogP contribution in [0.25, 0.3) is 11.2 Å². The summed E-state index contributed by atoms with van der Waals surface area (Å²) >= 11 is 8.79. The minimum absolute atomic E-state index is 0.393. The average Bonchev–Trinajstić information content (AvgIpc) is 2.61. The van der Waals surface area contributed by atoms with E-state index >= 15 is 0 Å². The van der Waals surface area contributed by atoms with Crippen molar-refractivity contribution in [3.05, 3.63) is 21.5 Å². The standard InChI is InChI=1S/C12H16BrN3S/c1-3-4-5-8(2)16-11-10(15-12(16)17)6-9(13)7-14-11/h6-8H,3-5H2,1-2H3,(H,15,17). The lowest BCUT2D eigenvalue weighted by Gasteiger charge is -2.13. The number of nitrogens with one attached hydrogen (secondary N) is 1. The maximum absolute atomic E-state index is 5.37. The zero-order chi connectivity index (χ0) is 12.4. The molecule has 0 amide bonds. The van der Waals surface area contributed by atoms with Crippen molar-refractivity contribution in [1.29, 1.82) is 0 Å². The summed E-state index contributed by atoms with van der Waals surface area (Å²) < 4.78 is 3.84. The van der Waals surface area contributed by atoms with Gasteiger partial charge in [0.25, 0.3) is 0 Å². The number of aromatic nitrogens is 3. The van der Waals surface area contributed by atoms with Crippen LogP contribution >= 0.6 is 28.1 Å². The Hall–Kier alpha value is -0.680. The highest BCUT2D eigenvalue weighted by Crippen LogP contribution is 2.23. The number of aromatic amines is 1. The van der Waals surface area contributed by atoms with E-state index in [1.807, 2.05) is 12.3 Å². The molecule has 0 bridgehead atoms. The van der Waals surface area contributed by atoms with E-state index in [-0.39, 0.29) is 0 Å². The van der Waals surface area contributed by atoms with Crippen molar-refractivity contribution in [1.82, 2.24) is 14.5 Å². The highest BCUT2D eigenvalue weighted by atomic mass is 79.9. The van der Waals surface area contributed by atoms with Gasteiger partial charge in [0.05, 0.1) is 5.52 Å². The van der Waals surface area contributed by atoms with E-state index in [0.29, 0.717) is 6.04 Å². The molecule has 0 aliphatic heterocycles. The number of nitrogens with zero attached hydrogens (tertiary/aromatic N) is 2. The minimum Gasteiger partial charge on any atom is -0.329 e. The molecule has 0 radical (unpaired) electrons. The molecule has 0 spiro atoms. The maximum atomic E-state index is 5.37. The summed E-state index contributed by atoms with van der Waals surface area (Å²) in [6.07, 6.45) is 5.37. The van der Waals surface area contributed by atoms with Gasteiger partial charge in [-0.3, -0.25) is 4.57 Å². The lowest BCUT2D eigenvalue weighted by Crippen LogP contribution is -2.05. The summed E-state index contributed by atoms with van der Waals surface area (Å²) in [5.41, 5.74) is 1.94. The Morgan fingerprint density at radius 2 is 2.35 bits per heavy atom. The van der Waals surface area contributed by atoms with Crippen molar-refractivity contribution in [3.8, 4) is 0 Å². The first-order chi connectivity index (χ1) is 8.13. The summed E-state index contributed by atoms with van der Waals surface area (Å²) in [5.74, 6) is 0. The summed E-state index contributed by atoms with van der Waals surface area (Å²) in [5, 5.41) is 0. The summed E-state index contributed by atoms with van der Waals surface area (Å²) in [6.45, 7) is 4.40. The van der Waals surface area contributed by atoms with Crippen molar-refractivity contribution < 1.29 is 0 Å². The molecule has 2 heterocycles. The molecule has 1 N–H and O–H groups in total. The number of pyridine rings is 1. The number of fused-ring (bicyclic) bond motifs is 1. The maximum Gasteiger partial charge on any atom is 0.179 e. The Labute approximate surface area is 114 Å². The van der Waals surface area contributed by atoms with E-state index in [4.69, 9.17) is 12.2 Å². The number of hydrogen-bond donors (Lipinski definition) is 1. The van der Waals surface area contributed by atoms with Gasteiger partial charge in [0, 0.05) is 16.7 Å². The molecule has 1 unspecified atom stereocenters. The highest BCUT2D eigenvalue weighted by Gasteiger charge is 2.11. The fourth-order valence-electron chi connectivity index (χ4n) is 2.03. The van der Waals surface area contributed by atoms with E-state index in [0.717, 1.165) is 26.8 Å². The van der Waals surface area contributed by atoms with Crippen LogP contribution in [0.1, 0.15) is 39.2 Å². The van der Waals surface area contributed by atoms with E-state index in [1.165, 1.54) is 12.8 Å². The molecule has 2 aromatic heterocycles. The van der Waals surface area contributed by atoms with Crippen LogP contribution < -0.4 is 0 Å². The van der Waals surface area contributed by atoms with Gasteiger partial charge in [-0.15, -0.1) is 0 Å². The van der Waals surface area contributed by atoms with Crippen LogP contribution in [0.2, 0.25) is 0 Å². The fourth-order valence-corrected chi connectivity index (χ4v) is 2.73. The molecule has 0 aliphatic rings. The molecule has 2 rings (SSSR count). The lowest BCUT2D eigenvalue weighted by molar-refractivity contribution is 0.489. The number of rotatable bonds is 4. The molecular formula is C12H16BrN3S. The second kappa shape index (κ2) is 5.31. The van der Waals surface area contributed by atoms with Gasteiger partial charge in [0.15, 0.2) is 10.4 Å². The molecule has 5 heteroatoms. The zero-order valence-corrected chi connectivity index (χ0v) is 12.4. The molecule has 0 saturated carbocycles. The van der Waals surface area contributed by atoms with Crippen molar-refractivity contribution in [2.75, 3.05) is 0 Å². The predicted molar refractivity (Wildman–Crippen MR) is 76.9 cm³/mol. The van der Waals surface area contributed by atoms with Crippen molar-refractivity contribution in [2.24, 2.45) is 0 Å². The molecule has 0 aromatic carbocycles. The highest BCUT2D eigenvalue weighted by molar-refractivity contribution is 9.10. The first-order valence-corrected chi connectivity index (χ1v) is 7.09.